The van der Waals surface area contributed by atoms with Gasteiger partial charge in [-0.25, -0.2) is 0 Å². The Bertz CT molecular complexity index is 334. The lowest BCUT2D eigenvalue weighted by Gasteiger charge is -2.28. The van der Waals surface area contributed by atoms with Gasteiger partial charge in [0.05, 0.1) is 0 Å². The molecule has 0 bridgehead atoms. The summed E-state index contributed by atoms with van der Waals surface area (Å²) in [5.74, 6) is 0.957. The molecule has 0 amide bonds. The molecule has 1 fully saturated rings. The van der Waals surface area contributed by atoms with E-state index in [0.717, 1.165) is 24.2 Å². The number of hydrogen-bond donors (Lipinski definition) is 2. The lowest BCUT2D eigenvalue weighted by atomic mass is 9.92. The average molecular weight is 289 g/mol. The molecule has 0 radical (unpaired) electrons. The largest absolute Gasteiger partial charge is 0.508 e. The third kappa shape index (κ3) is 1.67. The first kappa shape index (κ1) is 9.27. The normalized spacial score (nSPS) is 17.1. The summed E-state index contributed by atoms with van der Waals surface area (Å²) in [6, 6.07) is 3.95. The molecule has 70 valence electrons. The quantitative estimate of drug-likeness (QED) is 0.775. The molecule has 0 unspecified atom stereocenters. The highest BCUT2D eigenvalue weighted by Gasteiger charge is 2.22. The third-order valence-electron chi connectivity index (χ3n) is 2.53. The number of halogens is 1. The zero-order valence-electron chi connectivity index (χ0n) is 7.47. The molecule has 0 atom stereocenters. The van der Waals surface area contributed by atoms with Crippen LogP contribution in [0, 0.1) is 10.5 Å². The van der Waals surface area contributed by atoms with E-state index in [1.54, 1.807) is 0 Å². The molecular weight excluding hydrogens is 277 g/mol. The van der Waals surface area contributed by atoms with Crippen LogP contribution >= 0.6 is 22.6 Å². The molecule has 0 aromatic heterocycles. The van der Waals surface area contributed by atoms with Gasteiger partial charge in [0.25, 0.3) is 0 Å². The van der Waals surface area contributed by atoms with Crippen molar-refractivity contribution in [1.29, 1.82) is 0 Å². The smallest absolute Gasteiger partial charge is 0.119 e. The predicted molar refractivity (Wildman–Crippen MR) is 61.2 cm³/mol. The van der Waals surface area contributed by atoms with Gasteiger partial charge >= 0.3 is 0 Å². The summed E-state index contributed by atoms with van der Waals surface area (Å²) in [4.78, 5) is 0. The molecule has 2 nitrogen and oxygen atoms in total. The minimum Gasteiger partial charge on any atom is -0.508 e. The Kier molecular flexibility index (Phi) is 2.47. The molecule has 2 rings (SSSR count). The van der Waals surface area contributed by atoms with Crippen molar-refractivity contribution in [1.82, 2.24) is 5.32 Å². The van der Waals surface area contributed by atoms with E-state index < -0.39 is 0 Å². The molecule has 3 heteroatoms. The van der Waals surface area contributed by atoms with Crippen LogP contribution in [0.2, 0.25) is 0 Å². The third-order valence-corrected chi connectivity index (χ3v) is 3.69. The topological polar surface area (TPSA) is 32.3 Å². The Labute approximate surface area is 91.5 Å². The molecule has 1 aromatic rings. The Hall–Kier alpha value is -0.290. The maximum atomic E-state index is 9.72. The van der Waals surface area contributed by atoms with Crippen molar-refractivity contribution in [3.63, 3.8) is 0 Å². The van der Waals surface area contributed by atoms with Gasteiger partial charge in [-0.2, -0.15) is 0 Å². The second kappa shape index (κ2) is 3.46. The molecule has 1 aliphatic rings. The monoisotopic (exact) mass is 289 g/mol. The molecule has 0 aliphatic carbocycles. The lowest BCUT2D eigenvalue weighted by Crippen LogP contribution is -2.39. The van der Waals surface area contributed by atoms with Gasteiger partial charge < -0.3 is 10.4 Å². The van der Waals surface area contributed by atoms with Crippen LogP contribution in [0.25, 0.3) is 0 Å². The molecule has 1 aliphatic heterocycles. The van der Waals surface area contributed by atoms with E-state index in [1.807, 2.05) is 13.0 Å². The van der Waals surface area contributed by atoms with Crippen molar-refractivity contribution >= 4 is 22.6 Å². The van der Waals surface area contributed by atoms with Crippen LogP contribution in [0.1, 0.15) is 17.0 Å². The van der Waals surface area contributed by atoms with Gasteiger partial charge in [-0.1, -0.05) is 0 Å². The van der Waals surface area contributed by atoms with Crippen LogP contribution < -0.4 is 5.32 Å². The first-order valence-electron chi connectivity index (χ1n) is 4.38. The Balaban J connectivity index is 2.39. The van der Waals surface area contributed by atoms with E-state index in [0.29, 0.717) is 11.7 Å². The van der Waals surface area contributed by atoms with Crippen LogP contribution in [0.3, 0.4) is 0 Å². The van der Waals surface area contributed by atoms with Gasteiger partial charge in [-0.15, -0.1) is 0 Å². The maximum Gasteiger partial charge on any atom is 0.119 e. The summed E-state index contributed by atoms with van der Waals surface area (Å²) in [7, 11) is 0. The minimum absolute atomic E-state index is 0.449. The highest BCUT2D eigenvalue weighted by atomic mass is 127. The van der Waals surface area contributed by atoms with E-state index in [4.69, 9.17) is 0 Å². The summed E-state index contributed by atoms with van der Waals surface area (Å²) in [6.45, 7) is 4.00. The van der Waals surface area contributed by atoms with Crippen molar-refractivity contribution in [2.24, 2.45) is 0 Å². The first-order chi connectivity index (χ1) is 6.18. The molecule has 1 heterocycles. The highest BCUT2D eigenvalue weighted by Crippen LogP contribution is 2.31. The van der Waals surface area contributed by atoms with E-state index in [1.165, 1.54) is 3.57 Å². The Morgan fingerprint density at radius 2 is 2.15 bits per heavy atom. The van der Waals surface area contributed by atoms with Crippen molar-refractivity contribution in [3.8, 4) is 5.75 Å². The average Bonchev–Trinajstić information content (AvgIpc) is 1.96. The first-order valence-corrected chi connectivity index (χ1v) is 5.46. The summed E-state index contributed by atoms with van der Waals surface area (Å²) >= 11 is 2.31. The van der Waals surface area contributed by atoms with E-state index in [9.17, 15) is 5.11 Å². The second-order valence-corrected chi connectivity index (χ2v) is 4.68. The number of phenols is 1. The number of aryl methyl sites for hydroxylation is 1. The highest BCUT2D eigenvalue weighted by molar-refractivity contribution is 14.1. The van der Waals surface area contributed by atoms with Gasteiger partial charge in [-0.05, 0) is 47.2 Å². The molecule has 1 saturated heterocycles. The number of nitrogens with one attached hydrogen (secondary N) is 1. The lowest BCUT2D eigenvalue weighted by molar-refractivity contribution is 0.413. The number of aromatic hydroxyl groups is 1. The fourth-order valence-electron chi connectivity index (χ4n) is 1.52. The fraction of sp³-hybridized carbons (Fsp3) is 0.400. The number of hydrogen-bond acceptors (Lipinski definition) is 2. The van der Waals surface area contributed by atoms with Crippen LogP contribution in [-0.2, 0) is 0 Å². The van der Waals surface area contributed by atoms with E-state index in [2.05, 4.69) is 34.0 Å². The van der Waals surface area contributed by atoms with Crippen LogP contribution in [0.15, 0.2) is 12.1 Å². The molecule has 2 N–H and O–H groups in total. The van der Waals surface area contributed by atoms with E-state index >= 15 is 0 Å². The summed E-state index contributed by atoms with van der Waals surface area (Å²) in [5.41, 5.74) is 2.24. The Morgan fingerprint density at radius 1 is 1.46 bits per heavy atom. The van der Waals surface area contributed by atoms with Gasteiger partial charge in [-0.3, -0.25) is 0 Å². The van der Waals surface area contributed by atoms with Gasteiger partial charge in [0, 0.05) is 28.1 Å². The number of phenolic OH excluding ortho intramolecular Hbond substituents is 1. The van der Waals surface area contributed by atoms with Crippen LogP contribution in [0.4, 0.5) is 0 Å². The second-order valence-electron chi connectivity index (χ2n) is 3.52. The van der Waals surface area contributed by atoms with Crippen molar-refractivity contribution in [2.75, 3.05) is 13.1 Å². The summed E-state index contributed by atoms with van der Waals surface area (Å²) < 4.78 is 1.23. The molecule has 0 spiro atoms. The zero-order valence-corrected chi connectivity index (χ0v) is 9.63. The van der Waals surface area contributed by atoms with Crippen LogP contribution in [0.5, 0.6) is 5.75 Å². The number of benzene rings is 1. The SMILES string of the molecule is Cc1cc(O)c(C2CNC2)cc1I. The Morgan fingerprint density at radius 3 is 2.69 bits per heavy atom. The molecule has 1 aromatic carbocycles. The van der Waals surface area contributed by atoms with Gasteiger partial charge in [0.2, 0.25) is 0 Å². The standard InChI is InChI=1S/C10H12INO/c1-6-2-10(13)8(3-9(6)11)7-4-12-5-7/h2-3,7,12-13H,4-5H2,1H3. The van der Waals surface area contributed by atoms with Crippen molar-refractivity contribution in [2.45, 2.75) is 12.8 Å². The van der Waals surface area contributed by atoms with Gasteiger partial charge in [0.15, 0.2) is 0 Å². The van der Waals surface area contributed by atoms with Crippen molar-refractivity contribution in [3.05, 3.63) is 26.8 Å². The zero-order chi connectivity index (χ0) is 9.42. The van der Waals surface area contributed by atoms with Crippen molar-refractivity contribution < 1.29 is 5.11 Å². The van der Waals surface area contributed by atoms with Crippen LogP contribution in [-0.4, -0.2) is 18.2 Å². The summed E-state index contributed by atoms with van der Waals surface area (Å²) in [5, 5.41) is 12.9. The molecular formula is C10H12INO. The molecule has 13 heavy (non-hydrogen) atoms. The summed E-state index contributed by atoms with van der Waals surface area (Å²) in [6.07, 6.45) is 0. The maximum absolute atomic E-state index is 9.72. The van der Waals surface area contributed by atoms with E-state index in [-0.39, 0.29) is 0 Å². The molecule has 0 saturated carbocycles. The van der Waals surface area contributed by atoms with Gasteiger partial charge in [0.1, 0.15) is 5.75 Å². The predicted octanol–water partition coefficient (Wildman–Crippen LogP) is 1.99. The fourth-order valence-corrected chi connectivity index (χ4v) is 2.01. The number of rotatable bonds is 1. The minimum atomic E-state index is 0.449.